The predicted molar refractivity (Wildman–Crippen MR) is 119 cm³/mol. The van der Waals surface area contributed by atoms with Crippen molar-refractivity contribution >= 4 is 10.8 Å². The molecule has 0 heterocycles. The van der Waals surface area contributed by atoms with Crippen LogP contribution in [0.25, 0.3) is 10.8 Å². The maximum atomic E-state index is 4.25. The molecule has 0 amide bonds. The van der Waals surface area contributed by atoms with Crippen molar-refractivity contribution in [2.24, 2.45) is 0 Å². The molecule has 0 aromatic heterocycles. The second-order valence-corrected chi connectivity index (χ2v) is 5.46. The minimum Gasteiger partial charge on any atom is -0.388 e. The molecule has 2 aromatic rings. The summed E-state index contributed by atoms with van der Waals surface area (Å²) in [7, 11) is 3.25. The number of rotatable bonds is 4. The molecule has 0 atom stereocenters. The van der Waals surface area contributed by atoms with Gasteiger partial charge in [0.1, 0.15) is 0 Å². The van der Waals surface area contributed by atoms with Gasteiger partial charge in [-0.15, -0.1) is 0 Å². The summed E-state index contributed by atoms with van der Waals surface area (Å²) < 4.78 is 4.25. The minimum absolute atomic E-state index is 1.31. The first kappa shape index (κ1) is 28.5. The summed E-state index contributed by atoms with van der Waals surface area (Å²) in [6.07, 6.45) is 8.18. The van der Waals surface area contributed by atoms with E-state index in [-0.39, 0.29) is 0 Å². The molecule has 0 bridgehead atoms. The Balaban J connectivity index is -0.000000280. The van der Waals surface area contributed by atoms with Crippen molar-refractivity contribution in [3.8, 4) is 0 Å². The molecule has 2 rings (SSSR count). The highest BCUT2D eigenvalue weighted by molar-refractivity contribution is 5.81. The molecule has 0 unspecified atom stereocenters. The van der Waals surface area contributed by atoms with Crippen molar-refractivity contribution in [2.45, 2.75) is 80.1 Å². The molecule has 1 heteroatoms. The largest absolute Gasteiger partial charge is 0.388 e. The number of ether oxygens (including phenoxy) is 1. The van der Waals surface area contributed by atoms with Crippen LogP contribution in [0, 0.1) is 0 Å². The van der Waals surface area contributed by atoms with Gasteiger partial charge in [-0.3, -0.25) is 0 Å². The zero-order valence-electron chi connectivity index (χ0n) is 18.3. The Hall–Kier alpha value is -1.34. The molecule has 25 heavy (non-hydrogen) atoms. The summed E-state index contributed by atoms with van der Waals surface area (Å²) in [5.74, 6) is 0. The second-order valence-electron chi connectivity index (χ2n) is 5.46. The van der Waals surface area contributed by atoms with Gasteiger partial charge in [-0.25, -0.2) is 0 Å². The lowest BCUT2D eigenvalue weighted by Gasteiger charge is -1.92. The zero-order valence-corrected chi connectivity index (χ0v) is 18.3. The van der Waals surface area contributed by atoms with Crippen LogP contribution < -0.4 is 0 Å². The van der Waals surface area contributed by atoms with E-state index in [9.17, 15) is 0 Å². The van der Waals surface area contributed by atoms with Crippen LogP contribution in [0.2, 0.25) is 0 Å². The average molecular weight is 349 g/mol. The quantitative estimate of drug-likeness (QED) is 0.503. The van der Waals surface area contributed by atoms with Crippen molar-refractivity contribution in [2.75, 3.05) is 14.2 Å². The summed E-state index contributed by atoms with van der Waals surface area (Å²) in [6.45, 7) is 12.8. The number of hydrogen-bond donors (Lipinski definition) is 0. The average Bonchev–Trinajstić information content (AvgIpc) is 2.69. The number of benzene rings is 2. The van der Waals surface area contributed by atoms with E-state index in [0.29, 0.717) is 0 Å². The molecule has 2 aromatic carbocycles. The highest BCUT2D eigenvalue weighted by atomic mass is 16.4. The number of methoxy groups -OCH3 is 1. The Morgan fingerprint density at radius 3 is 0.960 bits per heavy atom. The van der Waals surface area contributed by atoms with E-state index in [2.05, 4.69) is 81.0 Å². The molecule has 0 N–H and O–H groups in total. The monoisotopic (exact) mass is 348 g/mol. The molecule has 0 aliphatic carbocycles. The van der Waals surface area contributed by atoms with Crippen molar-refractivity contribution in [1.29, 1.82) is 0 Å². The van der Waals surface area contributed by atoms with Crippen LogP contribution >= 0.6 is 0 Å². The van der Waals surface area contributed by atoms with Crippen molar-refractivity contribution < 1.29 is 4.74 Å². The predicted octanol–water partition coefficient (Wildman–Crippen LogP) is 8.52. The maximum absolute atomic E-state index is 4.25. The van der Waals surface area contributed by atoms with E-state index < -0.39 is 0 Å². The Morgan fingerprint density at radius 2 is 0.800 bits per heavy atom. The van der Waals surface area contributed by atoms with Crippen LogP contribution in [0.15, 0.2) is 48.5 Å². The first-order valence-corrected chi connectivity index (χ1v) is 10.0. The van der Waals surface area contributed by atoms with Gasteiger partial charge in [0.25, 0.3) is 0 Å². The SMILES string of the molecule is CC.CCCC.CCCCCC.COC.c1ccc2ccccc2c1. The molecular weight excluding hydrogens is 304 g/mol. The summed E-state index contributed by atoms with van der Waals surface area (Å²) in [6, 6.07) is 16.7. The summed E-state index contributed by atoms with van der Waals surface area (Å²) >= 11 is 0. The fourth-order valence-corrected chi connectivity index (χ4v) is 1.63. The molecule has 0 aliphatic heterocycles. The Labute approximate surface area is 158 Å². The smallest absolute Gasteiger partial charge is 0.0351 e. The highest BCUT2D eigenvalue weighted by Crippen LogP contribution is 2.11. The summed E-state index contributed by atoms with van der Waals surface area (Å²) in [5, 5.41) is 2.62. The lowest BCUT2D eigenvalue weighted by atomic mass is 10.1. The molecule has 0 spiro atoms. The van der Waals surface area contributed by atoms with E-state index in [4.69, 9.17) is 0 Å². The molecular formula is C24H44O. The van der Waals surface area contributed by atoms with Crippen LogP contribution in [0.5, 0.6) is 0 Å². The van der Waals surface area contributed by atoms with Crippen LogP contribution in [0.1, 0.15) is 80.1 Å². The van der Waals surface area contributed by atoms with Crippen LogP contribution in [-0.4, -0.2) is 14.2 Å². The zero-order chi connectivity index (χ0) is 19.8. The van der Waals surface area contributed by atoms with Crippen molar-refractivity contribution in [3.05, 3.63) is 48.5 Å². The lowest BCUT2D eigenvalue weighted by Crippen LogP contribution is -1.67. The third kappa shape index (κ3) is 22.7. The third-order valence-electron chi connectivity index (χ3n) is 3.12. The first-order valence-electron chi connectivity index (χ1n) is 10.0. The fourth-order valence-electron chi connectivity index (χ4n) is 1.63. The van der Waals surface area contributed by atoms with Crippen molar-refractivity contribution in [1.82, 2.24) is 0 Å². The van der Waals surface area contributed by atoms with E-state index >= 15 is 0 Å². The third-order valence-corrected chi connectivity index (χ3v) is 3.12. The normalized spacial score (nSPS) is 8.32. The van der Waals surface area contributed by atoms with E-state index in [0.717, 1.165) is 0 Å². The molecule has 0 aliphatic rings. The van der Waals surface area contributed by atoms with Crippen molar-refractivity contribution in [3.63, 3.8) is 0 Å². The molecule has 0 fully saturated rings. The lowest BCUT2D eigenvalue weighted by molar-refractivity contribution is 0.277. The second kappa shape index (κ2) is 27.5. The van der Waals surface area contributed by atoms with Gasteiger partial charge in [0, 0.05) is 14.2 Å². The maximum Gasteiger partial charge on any atom is 0.0351 e. The Morgan fingerprint density at radius 1 is 0.560 bits per heavy atom. The van der Waals surface area contributed by atoms with E-state index in [1.54, 1.807) is 14.2 Å². The van der Waals surface area contributed by atoms with Crippen LogP contribution in [-0.2, 0) is 4.74 Å². The van der Waals surface area contributed by atoms with Gasteiger partial charge in [-0.1, -0.05) is 129 Å². The molecule has 146 valence electrons. The first-order chi connectivity index (χ1) is 12.2. The highest BCUT2D eigenvalue weighted by Gasteiger charge is 1.85. The topological polar surface area (TPSA) is 9.23 Å². The van der Waals surface area contributed by atoms with Crippen LogP contribution in [0.3, 0.4) is 0 Å². The molecule has 0 saturated carbocycles. The van der Waals surface area contributed by atoms with Gasteiger partial charge in [-0.05, 0) is 10.8 Å². The van der Waals surface area contributed by atoms with E-state index in [1.165, 1.54) is 49.3 Å². The fraction of sp³-hybridized carbons (Fsp3) is 0.583. The standard InChI is InChI=1S/C10H8.C6H14.C4H10.C2H6O.C2H6/c1-2-6-10-8-4-3-7-9(10)5-1;1-3-5-6-4-2;1-3-4-2;1-3-2;1-2/h1-8H;3-6H2,1-2H3;3-4H2,1-2H3;1-2H3;1-2H3. The number of hydrogen-bond acceptors (Lipinski definition) is 1. The van der Waals surface area contributed by atoms with Gasteiger partial charge >= 0.3 is 0 Å². The molecule has 1 nitrogen and oxygen atoms in total. The molecule has 0 radical (unpaired) electrons. The Kier molecular flexibility index (Phi) is 31.3. The van der Waals surface area contributed by atoms with E-state index in [1.807, 2.05) is 13.8 Å². The van der Waals surface area contributed by atoms with Gasteiger partial charge in [0.15, 0.2) is 0 Å². The van der Waals surface area contributed by atoms with Gasteiger partial charge in [0.2, 0.25) is 0 Å². The summed E-state index contributed by atoms with van der Waals surface area (Å²) in [4.78, 5) is 0. The van der Waals surface area contributed by atoms with Gasteiger partial charge < -0.3 is 4.74 Å². The van der Waals surface area contributed by atoms with Crippen LogP contribution in [0.4, 0.5) is 0 Å². The number of fused-ring (bicyclic) bond motifs is 1. The van der Waals surface area contributed by atoms with Gasteiger partial charge in [-0.2, -0.15) is 0 Å². The number of unbranched alkanes of at least 4 members (excludes halogenated alkanes) is 4. The molecule has 0 saturated heterocycles. The van der Waals surface area contributed by atoms with Gasteiger partial charge in [0.05, 0.1) is 0 Å². The Bertz CT molecular complexity index is 365. The summed E-state index contributed by atoms with van der Waals surface area (Å²) in [5.41, 5.74) is 0. The minimum atomic E-state index is 1.31.